The van der Waals surface area contributed by atoms with Crippen molar-refractivity contribution in [2.24, 2.45) is 0 Å². The molecule has 4 heteroatoms. The lowest BCUT2D eigenvalue weighted by atomic mass is 10.0. The average molecular weight is 294 g/mol. The molecule has 0 spiro atoms. The number of benzene rings is 2. The number of hydrogen-bond acceptors (Lipinski definition) is 4. The summed E-state index contributed by atoms with van der Waals surface area (Å²) in [6.45, 7) is 0. The molecule has 2 aromatic carbocycles. The van der Waals surface area contributed by atoms with Crippen molar-refractivity contribution >= 4 is 21.6 Å². The first-order chi connectivity index (χ1) is 10.3. The largest absolute Gasteiger partial charge is 0.497 e. The Bertz CT molecular complexity index is 753. The van der Waals surface area contributed by atoms with E-state index in [1.807, 2.05) is 48.5 Å². The normalized spacial score (nSPS) is 12.0. The van der Waals surface area contributed by atoms with Crippen molar-refractivity contribution in [1.82, 2.24) is 4.98 Å². The lowest BCUT2D eigenvalue weighted by Crippen LogP contribution is -2.00. The van der Waals surface area contributed by atoms with Crippen LogP contribution in [0.3, 0.4) is 0 Å². The monoisotopic (exact) mass is 294 g/mol. The second kappa shape index (κ2) is 5.94. The minimum absolute atomic E-state index is 0.212. The third-order valence-corrected chi connectivity index (χ3v) is 4.51. The summed E-state index contributed by atoms with van der Waals surface area (Å²) >= 11 is 1.60. The molecule has 1 heterocycles. The van der Waals surface area contributed by atoms with Crippen molar-refractivity contribution in [3.05, 3.63) is 59.1 Å². The van der Waals surface area contributed by atoms with E-state index in [1.54, 1.807) is 18.4 Å². The molecule has 104 valence electrons. The maximum atomic E-state index is 9.46. The number of aromatic nitrogens is 1. The number of thiazole rings is 1. The van der Waals surface area contributed by atoms with E-state index in [4.69, 9.17) is 4.74 Å². The summed E-state index contributed by atoms with van der Waals surface area (Å²) in [4.78, 5) is 4.59. The summed E-state index contributed by atoms with van der Waals surface area (Å²) in [5, 5.41) is 10.3. The Balaban J connectivity index is 1.85. The summed E-state index contributed by atoms with van der Waals surface area (Å²) in [6, 6.07) is 18.2. The highest BCUT2D eigenvalue weighted by Crippen LogP contribution is 2.29. The van der Waals surface area contributed by atoms with Crippen LogP contribution in [0.25, 0.3) is 10.2 Å². The van der Waals surface area contributed by atoms with Gasteiger partial charge in [0.1, 0.15) is 16.7 Å². The van der Waals surface area contributed by atoms with Crippen molar-refractivity contribution in [3.8, 4) is 11.8 Å². The summed E-state index contributed by atoms with van der Waals surface area (Å²) in [5.41, 5.74) is 2.08. The van der Waals surface area contributed by atoms with Gasteiger partial charge in [-0.1, -0.05) is 24.3 Å². The van der Waals surface area contributed by atoms with E-state index in [0.717, 1.165) is 26.5 Å². The molecule has 0 saturated carbocycles. The molecule has 21 heavy (non-hydrogen) atoms. The molecule has 0 unspecified atom stereocenters. The van der Waals surface area contributed by atoms with Crippen molar-refractivity contribution < 1.29 is 4.74 Å². The Hall–Kier alpha value is -2.38. The van der Waals surface area contributed by atoms with Crippen LogP contribution in [0.1, 0.15) is 16.5 Å². The zero-order chi connectivity index (χ0) is 14.7. The minimum atomic E-state index is -0.212. The van der Waals surface area contributed by atoms with Gasteiger partial charge in [-0.25, -0.2) is 4.98 Å². The number of para-hydroxylation sites is 1. The molecule has 3 aromatic rings. The smallest absolute Gasteiger partial charge is 0.118 e. The van der Waals surface area contributed by atoms with Crippen molar-refractivity contribution in [1.29, 1.82) is 5.26 Å². The highest BCUT2D eigenvalue weighted by Gasteiger charge is 2.16. The minimum Gasteiger partial charge on any atom is -0.497 e. The molecule has 3 rings (SSSR count). The van der Waals surface area contributed by atoms with Crippen molar-refractivity contribution in [2.45, 2.75) is 12.3 Å². The first-order valence-electron chi connectivity index (χ1n) is 6.68. The van der Waals surface area contributed by atoms with Gasteiger partial charge in [-0.05, 0) is 36.2 Å². The van der Waals surface area contributed by atoms with Gasteiger partial charge in [-0.2, -0.15) is 5.26 Å². The van der Waals surface area contributed by atoms with E-state index in [-0.39, 0.29) is 5.92 Å². The quantitative estimate of drug-likeness (QED) is 0.726. The SMILES string of the molecule is COc1ccc(C[C@H](C#N)c2nc3ccccc3s2)cc1. The van der Waals surface area contributed by atoms with Crippen molar-refractivity contribution in [2.75, 3.05) is 7.11 Å². The molecule has 0 aliphatic heterocycles. The molecule has 0 amide bonds. The van der Waals surface area contributed by atoms with Gasteiger partial charge in [0.05, 0.1) is 23.4 Å². The van der Waals surface area contributed by atoms with Gasteiger partial charge in [0.25, 0.3) is 0 Å². The third-order valence-electron chi connectivity index (χ3n) is 3.36. The van der Waals surface area contributed by atoms with E-state index in [2.05, 4.69) is 11.1 Å². The van der Waals surface area contributed by atoms with E-state index < -0.39 is 0 Å². The zero-order valence-electron chi connectivity index (χ0n) is 11.6. The number of methoxy groups -OCH3 is 1. The Morgan fingerprint density at radius 1 is 1.19 bits per heavy atom. The zero-order valence-corrected chi connectivity index (χ0v) is 12.4. The number of nitriles is 1. The number of ether oxygens (including phenoxy) is 1. The van der Waals surface area contributed by atoms with Gasteiger partial charge in [0.2, 0.25) is 0 Å². The molecular weight excluding hydrogens is 280 g/mol. The van der Waals surface area contributed by atoms with Crippen LogP contribution in [0.5, 0.6) is 5.75 Å². The fourth-order valence-corrected chi connectivity index (χ4v) is 3.24. The molecule has 0 radical (unpaired) electrons. The predicted molar refractivity (Wildman–Crippen MR) is 84.7 cm³/mol. The Morgan fingerprint density at radius 3 is 2.62 bits per heavy atom. The van der Waals surface area contributed by atoms with E-state index >= 15 is 0 Å². The Morgan fingerprint density at radius 2 is 1.95 bits per heavy atom. The van der Waals surface area contributed by atoms with Gasteiger partial charge >= 0.3 is 0 Å². The van der Waals surface area contributed by atoms with Crippen LogP contribution in [0.4, 0.5) is 0 Å². The molecule has 0 bridgehead atoms. The van der Waals surface area contributed by atoms with E-state index in [0.29, 0.717) is 6.42 Å². The lowest BCUT2D eigenvalue weighted by Gasteiger charge is -2.06. The molecule has 0 aliphatic carbocycles. The van der Waals surface area contributed by atoms with Crippen LogP contribution in [-0.4, -0.2) is 12.1 Å². The predicted octanol–water partition coefficient (Wildman–Crippen LogP) is 4.15. The fraction of sp³-hybridized carbons (Fsp3) is 0.176. The number of nitrogens with zero attached hydrogens (tertiary/aromatic N) is 2. The molecule has 1 atom stereocenters. The molecule has 0 fully saturated rings. The van der Waals surface area contributed by atoms with E-state index in [9.17, 15) is 5.26 Å². The maximum absolute atomic E-state index is 9.46. The molecule has 0 N–H and O–H groups in total. The van der Waals surface area contributed by atoms with Crippen LogP contribution < -0.4 is 4.74 Å². The molecule has 0 saturated heterocycles. The summed E-state index contributed by atoms with van der Waals surface area (Å²) in [5.74, 6) is 0.614. The molecule has 1 aromatic heterocycles. The van der Waals surface area contributed by atoms with Crippen LogP contribution in [-0.2, 0) is 6.42 Å². The van der Waals surface area contributed by atoms with Gasteiger partial charge in [0.15, 0.2) is 0 Å². The number of hydrogen-bond donors (Lipinski definition) is 0. The fourth-order valence-electron chi connectivity index (χ4n) is 2.22. The maximum Gasteiger partial charge on any atom is 0.118 e. The highest BCUT2D eigenvalue weighted by molar-refractivity contribution is 7.18. The Labute approximate surface area is 127 Å². The molecular formula is C17H14N2OS. The van der Waals surface area contributed by atoms with Crippen LogP contribution in [0.2, 0.25) is 0 Å². The summed E-state index contributed by atoms with van der Waals surface area (Å²) in [7, 11) is 1.65. The lowest BCUT2D eigenvalue weighted by molar-refractivity contribution is 0.414. The molecule has 3 nitrogen and oxygen atoms in total. The van der Waals surface area contributed by atoms with Gasteiger partial charge in [-0.3, -0.25) is 0 Å². The summed E-state index contributed by atoms with van der Waals surface area (Å²) < 4.78 is 6.28. The van der Waals surface area contributed by atoms with Crippen LogP contribution >= 0.6 is 11.3 Å². The first-order valence-corrected chi connectivity index (χ1v) is 7.50. The number of rotatable bonds is 4. The second-order valence-electron chi connectivity index (χ2n) is 4.75. The van der Waals surface area contributed by atoms with Crippen LogP contribution in [0, 0.1) is 11.3 Å². The summed E-state index contributed by atoms with van der Waals surface area (Å²) in [6.07, 6.45) is 0.667. The molecule has 0 aliphatic rings. The Kier molecular flexibility index (Phi) is 3.85. The highest BCUT2D eigenvalue weighted by atomic mass is 32.1. The van der Waals surface area contributed by atoms with Crippen LogP contribution in [0.15, 0.2) is 48.5 Å². The third kappa shape index (κ3) is 2.88. The van der Waals surface area contributed by atoms with E-state index in [1.165, 1.54) is 0 Å². The standard InChI is InChI=1S/C17H14N2OS/c1-20-14-8-6-12(7-9-14)10-13(11-18)17-19-15-4-2-3-5-16(15)21-17/h2-9,13H,10H2,1H3/t13-/m1/s1. The van der Waals surface area contributed by atoms with Gasteiger partial charge in [-0.15, -0.1) is 11.3 Å². The second-order valence-corrected chi connectivity index (χ2v) is 5.82. The van der Waals surface area contributed by atoms with Crippen molar-refractivity contribution in [3.63, 3.8) is 0 Å². The van der Waals surface area contributed by atoms with Gasteiger partial charge < -0.3 is 4.74 Å². The number of fused-ring (bicyclic) bond motifs is 1. The topological polar surface area (TPSA) is 45.9 Å². The average Bonchev–Trinajstić information content (AvgIpc) is 2.97. The van der Waals surface area contributed by atoms with Gasteiger partial charge in [0, 0.05) is 0 Å². The first kappa shape index (κ1) is 13.6.